The molecule has 0 saturated heterocycles. The summed E-state index contributed by atoms with van der Waals surface area (Å²) in [5.41, 5.74) is 6.47. The third-order valence-corrected chi connectivity index (χ3v) is 3.51. The molecule has 116 valence electrons. The van der Waals surface area contributed by atoms with Crippen molar-refractivity contribution in [2.45, 2.75) is 39.7 Å². The average molecular weight is 292 g/mol. The maximum absolute atomic E-state index is 12.6. The van der Waals surface area contributed by atoms with Crippen molar-refractivity contribution >= 4 is 11.7 Å². The summed E-state index contributed by atoms with van der Waals surface area (Å²) in [4.78, 5) is 18.4. The first-order valence-corrected chi connectivity index (χ1v) is 7.26. The highest BCUT2D eigenvalue weighted by Crippen LogP contribution is 2.15. The lowest BCUT2D eigenvalue weighted by atomic mass is 10.0. The molecule has 1 amide bonds. The van der Waals surface area contributed by atoms with Crippen LogP contribution in [0.15, 0.2) is 29.7 Å². The van der Waals surface area contributed by atoms with E-state index in [0.29, 0.717) is 19.5 Å². The summed E-state index contributed by atoms with van der Waals surface area (Å²) in [6, 6.07) is 3.78. The van der Waals surface area contributed by atoms with Gasteiger partial charge in [-0.15, -0.1) is 0 Å². The number of rotatable bonds is 8. The van der Waals surface area contributed by atoms with Crippen LogP contribution >= 0.6 is 0 Å². The summed E-state index contributed by atoms with van der Waals surface area (Å²) >= 11 is 0. The zero-order valence-corrected chi connectivity index (χ0v) is 12.7. The molecule has 0 spiro atoms. The van der Waals surface area contributed by atoms with E-state index in [1.54, 1.807) is 17.3 Å². The van der Waals surface area contributed by atoms with Gasteiger partial charge in [0.15, 0.2) is 0 Å². The van der Waals surface area contributed by atoms with Gasteiger partial charge >= 0.3 is 0 Å². The Bertz CT molecular complexity index is 458. The van der Waals surface area contributed by atoms with Crippen LogP contribution in [0.4, 0.5) is 0 Å². The fraction of sp³-hybridized carbons (Fsp3) is 0.533. The Kier molecular flexibility index (Phi) is 7.21. The lowest BCUT2D eigenvalue weighted by Crippen LogP contribution is -2.37. The second kappa shape index (κ2) is 8.94. The SMILES string of the molecule is CCC(CC)C(=O)N(CC/C(N)=N/O)Cc1cccnc1. The number of aromatic nitrogens is 1. The van der Waals surface area contributed by atoms with Gasteiger partial charge in [0.05, 0.1) is 0 Å². The molecule has 0 bridgehead atoms. The molecule has 0 atom stereocenters. The number of amides is 1. The molecule has 0 unspecified atom stereocenters. The number of carbonyl (C=O) groups is 1. The molecule has 1 heterocycles. The maximum Gasteiger partial charge on any atom is 0.225 e. The molecule has 1 rings (SSSR count). The highest BCUT2D eigenvalue weighted by molar-refractivity contribution is 5.82. The van der Waals surface area contributed by atoms with E-state index in [4.69, 9.17) is 10.9 Å². The molecule has 21 heavy (non-hydrogen) atoms. The molecule has 1 aromatic heterocycles. The van der Waals surface area contributed by atoms with Gasteiger partial charge in [0.1, 0.15) is 5.84 Å². The fourth-order valence-electron chi connectivity index (χ4n) is 2.17. The number of hydrogen-bond donors (Lipinski definition) is 2. The van der Waals surface area contributed by atoms with E-state index < -0.39 is 0 Å². The van der Waals surface area contributed by atoms with Gasteiger partial charge in [-0.3, -0.25) is 9.78 Å². The van der Waals surface area contributed by atoms with Crippen LogP contribution in [-0.4, -0.2) is 33.4 Å². The minimum atomic E-state index is 0.00830. The Labute approximate surface area is 125 Å². The Morgan fingerprint density at radius 3 is 2.71 bits per heavy atom. The van der Waals surface area contributed by atoms with Crippen molar-refractivity contribution in [1.29, 1.82) is 0 Å². The van der Waals surface area contributed by atoms with Crippen LogP contribution < -0.4 is 5.73 Å². The third-order valence-electron chi connectivity index (χ3n) is 3.51. The number of pyridine rings is 1. The van der Waals surface area contributed by atoms with Gasteiger partial charge in [0, 0.05) is 37.8 Å². The van der Waals surface area contributed by atoms with E-state index in [0.717, 1.165) is 18.4 Å². The fourth-order valence-corrected chi connectivity index (χ4v) is 2.17. The van der Waals surface area contributed by atoms with Gasteiger partial charge in [-0.1, -0.05) is 25.1 Å². The molecule has 6 nitrogen and oxygen atoms in total. The summed E-state index contributed by atoms with van der Waals surface area (Å²) < 4.78 is 0. The minimum absolute atomic E-state index is 0.00830. The summed E-state index contributed by atoms with van der Waals surface area (Å²) in [6.07, 6.45) is 5.41. The topological polar surface area (TPSA) is 91.8 Å². The highest BCUT2D eigenvalue weighted by atomic mass is 16.4. The lowest BCUT2D eigenvalue weighted by molar-refractivity contribution is -0.136. The molecule has 0 aromatic carbocycles. The van der Waals surface area contributed by atoms with E-state index >= 15 is 0 Å². The number of oxime groups is 1. The van der Waals surface area contributed by atoms with Crippen LogP contribution in [-0.2, 0) is 11.3 Å². The monoisotopic (exact) mass is 292 g/mol. The summed E-state index contributed by atoms with van der Waals surface area (Å²) in [6.45, 7) is 4.94. The Morgan fingerprint density at radius 2 is 2.19 bits per heavy atom. The van der Waals surface area contributed by atoms with E-state index in [2.05, 4.69) is 10.1 Å². The van der Waals surface area contributed by atoms with Gasteiger partial charge in [-0.25, -0.2) is 0 Å². The number of amidine groups is 1. The van der Waals surface area contributed by atoms with Crippen molar-refractivity contribution in [2.24, 2.45) is 16.8 Å². The first kappa shape index (κ1) is 16.9. The summed E-state index contributed by atoms with van der Waals surface area (Å²) in [7, 11) is 0. The van der Waals surface area contributed by atoms with Gasteiger partial charge < -0.3 is 15.8 Å². The predicted octanol–water partition coefficient (Wildman–Crippen LogP) is 1.98. The molecule has 6 heteroatoms. The van der Waals surface area contributed by atoms with E-state index in [9.17, 15) is 4.79 Å². The van der Waals surface area contributed by atoms with Gasteiger partial charge in [0.2, 0.25) is 5.91 Å². The zero-order chi connectivity index (χ0) is 15.7. The van der Waals surface area contributed by atoms with Gasteiger partial charge in [0.25, 0.3) is 0 Å². The molecule has 0 aliphatic carbocycles. The molecular weight excluding hydrogens is 268 g/mol. The largest absolute Gasteiger partial charge is 0.409 e. The molecule has 3 N–H and O–H groups in total. The van der Waals surface area contributed by atoms with Crippen LogP contribution in [0.2, 0.25) is 0 Å². The maximum atomic E-state index is 12.6. The Hall–Kier alpha value is -2.11. The minimum Gasteiger partial charge on any atom is -0.409 e. The van der Waals surface area contributed by atoms with Crippen molar-refractivity contribution < 1.29 is 10.0 Å². The molecule has 0 fully saturated rings. The van der Waals surface area contributed by atoms with Crippen LogP contribution in [0.25, 0.3) is 0 Å². The average Bonchev–Trinajstić information content (AvgIpc) is 2.53. The van der Waals surface area contributed by atoms with Gasteiger partial charge in [-0.2, -0.15) is 0 Å². The van der Waals surface area contributed by atoms with Crippen molar-refractivity contribution in [3.8, 4) is 0 Å². The summed E-state index contributed by atoms with van der Waals surface area (Å²) in [5.74, 6) is 0.243. The Morgan fingerprint density at radius 1 is 1.48 bits per heavy atom. The van der Waals surface area contributed by atoms with E-state index in [-0.39, 0.29) is 17.7 Å². The highest BCUT2D eigenvalue weighted by Gasteiger charge is 2.21. The molecule has 0 aliphatic heterocycles. The number of nitrogens with zero attached hydrogens (tertiary/aromatic N) is 3. The van der Waals surface area contributed by atoms with Crippen LogP contribution in [0, 0.1) is 5.92 Å². The lowest BCUT2D eigenvalue weighted by Gasteiger charge is -2.26. The second-order valence-corrected chi connectivity index (χ2v) is 4.98. The third kappa shape index (κ3) is 5.41. The predicted molar refractivity (Wildman–Crippen MR) is 81.8 cm³/mol. The zero-order valence-electron chi connectivity index (χ0n) is 12.7. The Balaban J connectivity index is 2.80. The van der Waals surface area contributed by atoms with Crippen molar-refractivity contribution in [2.75, 3.05) is 6.54 Å². The van der Waals surface area contributed by atoms with E-state index in [1.165, 1.54) is 0 Å². The smallest absolute Gasteiger partial charge is 0.225 e. The first-order chi connectivity index (χ1) is 10.1. The number of hydrogen-bond acceptors (Lipinski definition) is 4. The van der Waals surface area contributed by atoms with E-state index in [1.807, 2.05) is 26.0 Å². The molecular formula is C15H24N4O2. The molecule has 0 aliphatic rings. The van der Waals surface area contributed by atoms with Crippen molar-refractivity contribution in [3.05, 3.63) is 30.1 Å². The number of carbonyl (C=O) groups excluding carboxylic acids is 1. The van der Waals surface area contributed by atoms with Crippen LogP contribution in [0.5, 0.6) is 0 Å². The first-order valence-electron chi connectivity index (χ1n) is 7.26. The number of nitrogens with two attached hydrogens (primary N) is 1. The quantitative estimate of drug-likeness (QED) is 0.332. The van der Waals surface area contributed by atoms with Crippen molar-refractivity contribution in [3.63, 3.8) is 0 Å². The molecule has 1 aromatic rings. The van der Waals surface area contributed by atoms with Crippen LogP contribution in [0.1, 0.15) is 38.7 Å². The van der Waals surface area contributed by atoms with Gasteiger partial charge in [-0.05, 0) is 24.5 Å². The second-order valence-electron chi connectivity index (χ2n) is 4.98. The standard InChI is InChI=1S/C15H24N4O2/c1-3-13(4-2)15(20)19(9-7-14(16)18-21)11-12-6-5-8-17-10-12/h5-6,8,10,13,21H,3-4,7,9,11H2,1-2H3,(H2,16,18). The van der Waals surface area contributed by atoms with Crippen molar-refractivity contribution in [1.82, 2.24) is 9.88 Å². The molecule has 0 saturated carbocycles. The normalized spacial score (nSPS) is 11.7. The molecule has 0 radical (unpaired) electrons. The van der Waals surface area contributed by atoms with Crippen LogP contribution in [0.3, 0.4) is 0 Å². The summed E-state index contributed by atoms with van der Waals surface area (Å²) in [5, 5.41) is 11.6.